The van der Waals surface area contributed by atoms with E-state index in [0.29, 0.717) is 13.1 Å². The fraction of sp³-hybridized carbons (Fsp3) is 0.500. The molecule has 3 heterocycles. The second-order valence-electron chi connectivity index (χ2n) is 11.6. The van der Waals surface area contributed by atoms with Crippen LogP contribution in [0.15, 0.2) is 48.7 Å². The molecule has 6 atom stereocenters. The molecule has 0 saturated carbocycles. The summed E-state index contributed by atoms with van der Waals surface area (Å²) in [5.41, 5.74) is -2.01. The lowest BCUT2D eigenvalue weighted by atomic mass is 9.87. The third kappa shape index (κ3) is 7.04. The normalized spacial score (nSPS) is 26.0. The SMILES string of the molecule is CN1CCC(O)(C(S[C@@H]2O[C@H](CO)[C@H](O)[C@H](n3cc(-c4cc(F)c(F)c(F)c4)nn3)[C@H]2O)C(=O)N(C)Cc2ccccc2)CC1. The molecular formula is C30H36F3N5O6S. The van der Waals surface area contributed by atoms with Crippen LogP contribution in [0.3, 0.4) is 0 Å². The number of amides is 1. The van der Waals surface area contributed by atoms with E-state index in [1.807, 2.05) is 42.3 Å². The number of aliphatic hydroxyl groups is 4. The van der Waals surface area contributed by atoms with Gasteiger partial charge in [-0.1, -0.05) is 35.5 Å². The molecule has 3 aromatic rings. The molecule has 2 fully saturated rings. The van der Waals surface area contributed by atoms with E-state index in [0.717, 1.165) is 34.1 Å². The van der Waals surface area contributed by atoms with E-state index >= 15 is 0 Å². The number of hydrogen-bond donors (Lipinski definition) is 4. The van der Waals surface area contributed by atoms with E-state index in [-0.39, 0.29) is 30.6 Å². The summed E-state index contributed by atoms with van der Waals surface area (Å²) in [6, 6.07) is 9.53. The molecule has 2 aliphatic rings. The Labute approximate surface area is 262 Å². The quantitative estimate of drug-likeness (QED) is 0.252. The number of ether oxygens (including phenoxy) is 1. The molecule has 2 aliphatic heterocycles. The summed E-state index contributed by atoms with van der Waals surface area (Å²) in [7, 11) is 3.54. The van der Waals surface area contributed by atoms with Gasteiger partial charge in [-0.2, -0.15) is 0 Å². The largest absolute Gasteiger partial charge is 0.394 e. The van der Waals surface area contributed by atoms with Crippen molar-refractivity contribution in [3.05, 3.63) is 71.7 Å². The summed E-state index contributed by atoms with van der Waals surface area (Å²) in [5, 5.41) is 51.2. The van der Waals surface area contributed by atoms with Gasteiger partial charge >= 0.3 is 0 Å². The fourth-order valence-electron chi connectivity index (χ4n) is 5.70. The highest BCUT2D eigenvalue weighted by atomic mass is 32.2. The lowest BCUT2D eigenvalue weighted by Gasteiger charge is -2.46. The van der Waals surface area contributed by atoms with Crippen molar-refractivity contribution in [1.29, 1.82) is 0 Å². The predicted octanol–water partition coefficient (Wildman–Crippen LogP) is 1.56. The number of carbonyl (C=O) groups is 1. The van der Waals surface area contributed by atoms with Crippen molar-refractivity contribution in [3.8, 4) is 11.3 Å². The molecule has 45 heavy (non-hydrogen) atoms. The number of halogens is 3. The van der Waals surface area contributed by atoms with Crippen LogP contribution < -0.4 is 0 Å². The molecule has 0 bridgehead atoms. The number of aliphatic hydroxyl groups excluding tert-OH is 3. The third-order valence-corrected chi connectivity index (χ3v) is 9.99. The van der Waals surface area contributed by atoms with Gasteiger partial charge in [0.2, 0.25) is 5.91 Å². The number of aromatic nitrogens is 3. The van der Waals surface area contributed by atoms with Crippen molar-refractivity contribution in [1.82, 2.24) is 24.8 Å². The highest BCUT2D eigenvalue weighted by Gasteiger charge is 2.51. The van der Waals surface area contributed by atoms with Crippen molar-refractivity contribution in [3.63, 3.8) is 0 Å². The number of rotatable bonds is 9. The van der Waals surface area contributed by atoms with Crippen LogP contribution in [-0.2, 0) is 16.1 Å². The highest BCUT2D eigenvalue weighted by molar-refractivity contribution is 8.01. The fourth-order valence-corrected chi connectivity index (χ4v) is 7.29. The number of hydrogen-bond acceptors (Lipinski definition) is 10. The standard InChI is InChI=1S/C30H36F3N5O6S/c1-36-10-8-30(43,9-11-36)27(28(42)37(2)14-17-6-4-3-5-7-17)45-29-26(41)24(25(40)22(16-39)44-29)38-15-21(34-35-38)18-12-19(31)23(33)20(32)13-18/h3-7,12-13,15,22,24-27,29,39-41,43H,8-11,14,16H2,1-2H3/t22-,24+,25+,26-,27?,29+/m1/s1. The molecule has 0 aliphatic carbocycles. The molecule has 0 spiro atoms. The van der Waals surface area contributed by atoms with Gasteiger partial charge < -0.3 is 35.0 Å². The summed E-state index contributed by atoms with van der Waals surface area (Å²) < 4.78 is 48.2. The topological polar surface area (TPSA) is 144 Å². The summed E-state index contributed by atoms with van der Waals surface area (Å²) in [5.74, 6) is -4.89. The first-order valence-electron chi connectivity index (χ1n) is 14.5. The zero-order valence-electron chi connectivity index (χ0n) is 24.7. The summed E-state index contributed by atoms with van der Waals surface area (Å²) in [4.78, 5) is 17.5. The Hall–Kier alpha value is -3.05. The molecule has 11 nitrogen and oxygen atoms in total. The molecule has 2 saturated heterocycles. The van der Waals surface area contributed by atoms with Crippen LogP contribution in [0, 0.1) is 17.5 Å². The lowest BCUT2D eigenvalue weighted by molar-refractivity contribution is -0.179. The predicted molar refractivity (Wildman–Crippen MR) is 158 cm³/mol. The van der Waals surface area contributed by atoms with Crippen LogP contribution in [0.1, 0.15) is 24.4 Å². The lowest BCUT2D eigenvalue weighted by Crippen LogP contribution is -2.59. The number of likely N-dealkylation sites (tertiary alicyclic amines) is 1. The van der Waals surface area contributed by atoms with Crippen molar-refractivity contribution in [2.45, 2.75) is 60.0 Å². The number of benzene rings is 2. The van der Waals surface area contributed by atoms with Crippen LogP contribution in [0.25, 0.3) is 11.3 Å². The van der Waals surface area contributed by atoms with E-state index in [1.165, 1.54) is 11.1 Å². The molecule has 1 amide bonds. The van der Waals surface area contributed by atoms with Crippen LogP contribution >= 0.6 is 11.8 Å². The average molecular weight is 652 g/mol. The summed E-state index contributed by atoms with van der Waals surface area (Å²) in [6.45, 7) is 0.682. The Morgan fingerprint density at radius 1 is 1.13 bits per heavy atom. The van der Waals surface area contributed by atoms with Crippen molar-refractivity contribution in [2.24, 2.45) is 0 Å². The van der Waals surface area contributed by atoms with E-state index in [2.05, 4.69) is 10.3 Å². The Bertz CT molecular complexity index is 1450. The second-order valence-corrected chi connectivity index (χ2v) is 12.8. The van der Waals surface area contributed by atoms with Gasteiger partial charge in [-0.25, -0.2) is 17.9 Å². The maximum atomic E-state index is 14.0. The Morgan fingerprint density at radius 2 is 1.78 bits per heavy atom. The molecule has 5 rings (SSSR count). The number of thioether (sulfide) groups is 1. The van der Waals surface area contributed by atoms with Gasteiger partial charge in [0, 0.05) is 32.2 Å². The average Bonchev–Trinajstić information content (AvgIpc) is 3.51. The molecule has 15 heteroatoms. The molecule has 1 unspecified atom stereocenters. The second kappa shape index (κ2) is 13.7. The molecule has 1 aromatic heterocycles. The smallest absolute Gasteiger partial charge is 0.238 e. The van der Waals surface area contributed by atoms with Crippen LogP contribution in [0.4, 0.5) is 13.2 Å². The van der Waals surface area contributed by atoms with E-state index in [9.17, 15) is 38.4 Å². The summed E-state index contributed by atoms with van der Waals surface area (Å²) in [6.07, 6.45) is -2.52. The highest BCUT2D eigenvalue weighted by Crippen LogP contribution is 2.42. The van der Waals surface area contributed by atoms with Gasteiger partial charge in [-0.15, -0.1) is 16.9 Å². The van der Waals surface area contributed by atoms with E-state index in [4.69, 9.17) is 4.74 Å². The third-order valence-electron chi connectivity index (χ3n) is 8.42. The van der Waals surface area contributed by atoms with E-state index < -0.39 is 70.6 Å². The van der Waals surface area contributed by atoms with Crippen molar-refractivity contribution < 1.29 is 43.1 Å². The van der Waals surface area contributed by atoms with Gasteiger partial charge in [0.25, 0.3) is 0 Å². The zero-order chi connectivity index (χ0) is 32.5. The van der Waals surface area contributed by atoms with Gasteiger partial charge in [0.1, 0.15) is 40.7 Å². The van der Waals surface area contributed by atoms with Crippen LogP contribution in [0.5, 0.6) is 0 Å². The molecule has 4 N–H and O–H groups in total. The van der Waals surface area contributed by atoms with Gasteiger partial charge in [0.15, 0.2) is 17.5 Å². The maximum Gasteiger partial charge on any atom is 0.238 e. The number of carbonyl (C=O) groups excluding carboxylic acids is 1. The van der Waals surface area contributed by atoms with Gasteiger partial charge in [0.05, 0.1) is 18.4 Å². The number of piperidine rings is 1. The van der Waals surface area contributed by atoms with E-state index in [1.54, 1.807) is 7.05 Å². The first-order valence-corrected chi connectivity index (χ1v) is 15.4. The molecule has 2 aromatic carbocycles. The zero-order valence-corrected chi connectivity index (χ0v) is 25.5. The minimum atomic E-state index is -1.64. The van der Waals surface area contributed by atoms with Gasteiger partial charge in [-0.05, 0) is 37.6 Å². The number of nitrogens with zero attached hydrogens (tertiary/aromatic N) is 5. The van der Waals surface area contributed by atoms with Gasteiger partial charge in [-0.3, -0.25) is 4.79 Å². The Morgan fingerprint density at radius 3 is 2.40 bits per heavy atom. The monoisotopic (exact) mass is 651 g/mol. The Balaban J connectivity index is 1.43. The van der Waals surface area contributed by atoms with Crippen LogP contribution in [-0.4, -0.2) is 120 Å². The molecular weight excluding hydrogens is 615 g/mol. The minimum Gasteiger partial charge on any atom is -0.394 e. The maximum absolute atomic E-state index is 14.0. The minimum absolute atomic E-state index is 0.0697. The molecule has 0 radical (unpaired) electrons. The first-order chi connectivity index (χ1) is 21.4. The first kappa shape index (κ1) is 33.3. The van der Waals surface area contributed by atoms with Crippen molar-refractivity contribution in [2.75, 3.05) is 33.8 Å². The Kier molecular flexibility index (Phi) is 10.2. The molecule has 244 valence electrons. The summed E-state index contributed by atoms with van der Waals surface area (Å²) >= 11 is 0.899. The van der Waals surface area contributed by atoms with Crippen LogP contribution in [0.2, 0.25) is 0 Å². The van der Waals surface area contributed by atoms with Crippen molar-refractivity contribution >= 4 is 17.7 Å².